The SMILES string of the molecule is Cc1ccc(C(=O)C(C)CN(CCC#N)Cc2ccccc2)cc1. The Morgan fingerprint density at radius 3 is 2.42 bits per heavy atom. The molecule has 3 nitrogen and oxygen atoms in total. The molecule has 2 rings (SSSR count). The zero-order valence-corrected chi connectivity index (χ0v) is 14.4. The molecule has 2 aromatic carbocycles. The Morgan fingerprint density at radius 1 is 1.12 bits per heavy atom. The molecule has 0 aliphatic carbocycles. The molecule has 1 atom stereocenters. The number of benzene rings is 2. The molecular formula is C21H24N2O. The van der Waals surface area contributed by atoms with E-state index in [1.807, 2.05) is 56.3 Å². The minimum Gasteiger partial charge on any atom is -0.297 e. The molecule has 0 aliphatic rings. The summed E-state index contributed by atoms with van der Waals surface area (Å²) in [5.41, 5.74) is 3.11. The molecule has 0 spiro atoms. The second-order valence-electron chi connectivity index (χ2n) is 6.26. The van der Waals surface area contributed by atoms with Gasteiger partial charge in [-0.15, -0.1) is 0 Å². The van der Waals surface area contributed by atoms with E-state index in [-0.39, 0.29) is 11.7 Å². The second-order valence-corrected chi connectivity index (χ2v) is 6.26. The predicted octanol–water partition coefficient (Wildman–Crippen LogP) is 4.23. The van der Waals surface area contributed by atoms with Crippen LogP contribution in [0.1, 0.15) is 34.8 Å². The van der Waals surface area contributed by atoms with Gasteiger partial charge in [-0.2, -0.15) is 5.26 Å². The fourth-order valence-corrected chi connectivity index (χ4v) is 2.76. The van der Waals surface area contributed by atoms with Crippen LogP contribution in [0, 0.1) is 24.2 Å². The summed E-state index contributed by atoms with van der Waals surface area (Å²) in [6, 6.07) is 20.1. The first-order valence-corrected chi connectivity index (χ1v) is 8.34. The van der Waals surface area contributed by atoms with E-state index in [2.05, 4.69) is 23.1 Å². The Hall–Kier alpha value is -2.44. The van der Waals surface area contributed by atoms with Crippen molar-refractivity contribution in [2.45, 2.75) is 26.8 Å². The Balaban J connectivity index is 2.03. The topological polar surface area (TPSA) is 44.1 Å². The van der Waals surface area contributed by atoms with Crippen LogP contribution >= 0.6 is 0 Å². The number of hydrogen-bond donors (Lipinski definition) is 0. The van der Waals surface area contributed by atoms with E-state index in [0.29, 0.717) is 19.5 Å². The highest BCUT2D eigenvalue weighted by Gasteiger charge is 2.18. The highest BCUT2D eigenvalue weighted by atomic mass is 16.1. The number of aryl methyl sites for hydroxylation is 1. The quantitative estimate of drug-likeness (QED) is 0.684. The van der Waals surface area contributed by atoms with Crippen LogP contribution in [-0.2, 0) is 6.54 Å². The molecule has 0 fully saturated rings. The lowest BCUT2D eigenvalue weighted by Gasteiger charge is -2.24. The number of Topliss-reactive ketones (excluding diaryl/α,β-unsaturated/α-hetero) is 1. The summed E-state index contributed by atoms with van der Waals surface area (Å²) < 4.78 is 0. The van der Waals surface area contributed by atoms with Crippen molar-refractivity contribution in [2.75, 3.05) is 13.1 Å². The molecule has 0 radical (unpaired) electrons. The molecule has 0 heterocycles. The lowest BCUT2D eigenvalue weighted by Crippen LogP contribution is -2.32. The van der Waals surface area contributed by atoms with Crippen molar-refractivity contribution in [2.24, 2.45) is 5.92 Å². The Labute approximate surface area is 144 Å². The lowest BCUT2D eigenvalue weighted by molar-refractivity contribution is 0.0891. The minimum absolute atomic E-state index is 0.102. The first-order valence-electron chi connectivity index (χ1n) is 8.34. The Bertz CT molecular complexity index is 686. The molecule has 0 N–H and O–H groups in total. The van der Waals surface area contributed by atoms with Crippen LogP contribution in [0.15, 0.2) is 54.6 Å². The van der Waals surface area contributed by atoms with Crippen LogP contribution in [0.3, 0.4) is 0 Å². The highest BCUT2D eigenvalue weighted by Crippen LogP contribution is 2.14. The molecule has 24 heavy (non-hydrogen) atoms. The zero-order chi connectivity index (χ0) is 17.4. The number of hydrogen-bond acceptors (Lipinski definition) is 3. The number of nitrogens with zero attached hydrogens (tertiary/aromatic N) is 2. The number of carbonyl (C=O) groups excluding carboxylic acids is 1. The molecule has 0 aromatic heterocycles. The van der Waals surface area contributed by atoms with Gasteiger partial charge in [-0.05, 0) is 12.5 Å². The van der Waals surface area contributed by atoms with E-state index in [9.17, 15) is 4.79 Å². The van der Waals surface area contributed by atoms with E-state index in [4.69, 9.17) is 5.26 Å². The summed E-state index contributed by atoms with van der Waals surface area (Å²) in [5.74, 6) is 0.0557. The van der Waals surface area contributed by atoms with Crippen LogP contribution in [0.5, 0.6) is 0 Å². The standard InChI is InChI=1S/C21H24N2O/c1-17-9-11-20(12-10-17)21(24)18(2)15-23(14-6-13-22)16-19-7-4-3-5-8-19/h3-5,7-12,18H,6,14-16H2,1-2H3. The van der Waals surface area contributed by atoms with Crippen LogP contribution in [0.4, 0.5) is 0 Å². The summed E-state index contributed by atoms with van der Waals surface area (Å²) in [6.07, 6.45) is 0.471. The van der Waals surface area contributed by atoms with Gasteiger partial charge in [0.2, 0.25) is 0 Å². The third kappa shape index (κ3) is 5.33. The van der Waals surface area contributed by atoms with Gasteiger partial charge in [0.15, 0.2) is 5.78 Å². The van der Waals surface area contributed by atoms with Gasteiger partial charge in [-0.1, -0.05) is 67.1 Å². The largest absolute Gasteiger partial charge is 0.297 e. The maximum atomic E-state index is 12.6. The van der Waals surface area contributed by atoms with Crippen molar-refractivity contribution in [3.63, 3.8) is 0 Å². The molecule has 0 amide bonds. The fourth-order valence-electron chi connectivity index (χ4n) is 2.76. The van der Waals surface area contributed by atoms with Gasteiger partial charge in [-0.3, -0.25) is 9.69 Å². The van der Waals surface area contributed by atoms with E-state index < -0.39 is 0 Å². The molecule has 2 aromatic rings. The van der Waals surface area contributed by atoms with Gasteiger partial charge in [0.25, 0.3) is 0 Å². The average molecular weight is 320 g/mol. The third-order valence-electron chi connectivity index (χ3n) is 4.10. The van der Waals surface area contributed by atoms with Crippen molar-refractivity contribution in [1.29, 1.82) is 5.26 Å². The number of nitriles is 1. The van der Waals surface area contributed by atoms with Crippen LogP contribution in [-0.4, -0.2) is 23.8 Å². The van der Waals surface area contributed by atoms with Crippen molar-refractivity contribution < 1.29 is 4.79 Å². The van der Waals surface area contributed by atoms with E-state index in [1.165, 1.54) is 5.56 Å². The molecule has 0 aliphatic heterocycles. The van der Waals surface area contributed by atoms with Crippen molar-refractivity contribution in [3.8, 4) is 6.07 Å². The van der Waals surface area contributed by atoms with Crippen molar-refractivity contribution in [1.82, 2.24) is 4.90 Å². The summed E-state index contributed by atoms with van der Waals surface area (Å²) in [7, 11) is 0. The van der Waals surface area contributed by atoms with E-state index in [1.54, 1.807) is 0 Å². The first-order chi connectivity index (χ1) is 11.6. The summed E-state index contributed by atoms with van der Waals surface area (Å²) in [5, 5.41) is 8.88. The molecule has 124 valence electrons. The van der Waals surface area contributed by atoms with E-state index in [0.717, 1.165) is 17.7 Å². The zero-order valence-electron chi connectivity index (χ0n) is 14.4. The normalized spacial score (nSPS) is 11.9. The van der Waals surface area contributed by atoms with Crippen molar-refractivity contribution in [3.05, 3.63) is 71.3 Å². The molecule has 3 heteroatoms. The average Bonchev–Trinajstić information content (AvgIpc) is 2.60. The fraction of sp³-hybridized carbons (Fsp3) is 0.333. The van der Waals surface area contributed by atoms with Gasteiger partial charge in [0.05, 0.1) is 6.07 Å². The second kappa shape index (κ2) is 9.00. The summed E-state index contributed by atoms with van der Waals surface area (Å²) >= 11 is 0. The van der Waals surface area contributed by atoms with Crippen LogP contribution < -0.4 is 0 Å². The summed E-state index contributed by atoms with van der Waals surface area (Å²) in [6.45, 7) is 6.07. The minimum atomic E-state index is -0.102. The third-order valence-corrected chi connectivity index (χ3v) is 4.10. The molecule has 0 saturated carbocycles. The van der Waals surface area contributed by atoms with Gasteiger partial charge < -0.3 is 0 Å². The Morgan fingerprint density at radius 2 is 1.79 bits per heavy atom. The predicted molar refractivity (Wildman–Crippen MR) is 96.6 cm³/mol. The molecule has 0 bridgehead atoms. The van der Waals surface area contributed by atoms with Gasteiger partial charge >= 0.3 is 0 Å². The molecule has 1 unspecified atom stereocenters. The van der Waals surface area contributed by atoms with Crippen LogP contribution in [0.2, 0.25) is 0 Å². The van der Waals surface area contributed by atoms with Gasteiger partial charge in [0.1, 0.15) is 0 Å². The van der Waals surface area contributed by atoms with Crippen LogP contribution in [0.25, 0.3) is 0 Å². The monoisotopic (exact) mass is 320 g/mol. The van der Waals surface area contributed by atoms with Gasteiger partial charge in [-0.25, -0.2) is 0 Å². The number of ketones is 1. The number of carbonyl (C=O) groups is 1. The highest BCUT2D eigenvalue weighted by molar-refractivity contribution is 5.97. The molecule has 0 saturated heterocycles. The Kier molecular flexibility index (Phi) is 6.72. The number of rotatable bonds is 8. The van der Waals surface area contributed by atoms with Gasteiger partial charge in [0, 0.05) is 37.5 Å². The lowest BCUT2D eigenvalue weighted by atomic mass is 9.97. The van der Waals surface area contributed by atoms with E-state index >= 15 is 0 Å². The van der Waals surface area contributed by atoms with Crippen molar-refractivity contribution >= 4 is 5.78 Å². The maximum Gasteiger partial charge on any atom is 0.166 e. The summed E-state index contributed by atoms with van der Waals surface area (Å²) in [4.78, 5) is 14.8. The molecular weight excluding hydrogens is 296 g/mol. The first kappa shape index (κ1) is 17.9. The smallest absolute Gasteiger partial charge is 0.166 e. The maximum absolute atomic E-state index is 12.6.